The Balaban J connectivity index is 0. The van der Waals surface area contributed by atoms with Gasteiger partial charge in [-0.25, -0.2) is 4.98 Å². The van der Waals surface area contributed by atoms with Crippen molar-refractivity contribution >= 4 is 11.5 Å². The Morgan fingerprint density at radius 2 is 2.20 bits per heavy atom. The SMILES string of the molecule is C=CC.Cc1ccc([C@H](C)CNC[C@H]2CNc3cccnc3N2)cn1.[HH].[HH].[HH]. The van der Waals surface area contributed by atoms with Gasteiger partial charge in [0, 0.05) is 42.0 Å². The molecule has 1 aliphatic heterocycles. The quantitative estimate of drug-likeness (QED) is 0.705. The summed E-state index contributed by atoms with van der Waals surface area (Å²) in [5.74, 6) is 1.39. The molecular formula is C20H35N5. The molecule has 2 aromatic rings. The lowest BCUT2D eigenvalue weighted by Crippen LogP contribution is -2.42. The van der Waals surface area contributed by atoms with Gasteiger partial charge in [-0.3, -0.25) is 4.98 Å². The standard InChI is InChI=1S/C17H23N5.C3H6.3H2/c1-12(14-6-5-13(2)20-9-14)8-18-10-15-11-21-16-4-3-7-19-17(16)22-15;1-3-2;;;/h3-7,9,12,15,18,21H,8,10-11H2,1-2H3,(H,19,22);3H,1H2,2H3;3*1H/t12-,15+;;;;/m1..../s1. The van der Waals surface area contributed by atoms with E-state index in [1.54, 1.807) is 6.08 Å². The minimum atomic E-state index is 0. The van der Waals surface area contributed by atoms with Gasteiger partial charge >= 0.3 is 0 Å². The number of pyridine rings is 2. The summed E-state index contributed by atoms with van der Waals surface area (Å²) in [6, 6.07) is 8.58. The predicted molar refractivity (Wildman–Crippen MR) is 113 cm³/mol. The zero-order valence-electron chi connectivity index (χ0n) is 15.4. The van der Waals surface area contributed by atoms with Crippen molar-refractivity contribution in [3.8, 4) is 0 Å². The van der Waals surface area contributed by atoms with E-state index in [-0.39, 0.29) is 4.28 Å². The van der Waals surface area contributed by atoms with Crippen LogP contribution in [-0.4, -0.2) is 35.6 Å². The first-order chi connectivity index (χ1) is 12.1. The number of aryl methyl sites for hydroxylation is 1. The Morgan fingerprint density at radius 1 is 1.40 bits per heavy atom. The fraction of sp³-hybridized carbons (Fsp3) is 0.400. The third-order valence-electron chi connectivity index (χ3n) is 4.03. The average molecular weight is 346 g/mol. The molecule has 3 N–H and O–H groups in total. The van der Waals surface area contributed by atoms with Crippen LogP contribution < -0.4 is 16.0 Å². The maximum Gasteiger partial charge on any atom is 0.149 e. The van der Waals surface area contributed by atoms with Crippen LogP contribution in [0.25, 0.3) is 0 Å². The molecule has 3 rings (SSSR count). The van der Waals surface area contributed by atoms with Crippen molar-refractivity contribution in [3.63, 3.8) is 0 Å². The molecule has 0 unspecified atom stereocenters. The molecule has 0 radical (unpaired) electrons. The largest absolute Gasteiger partial charge is 0.380 e. The second kappa shape index (κ2) is 9.79. The van der Waals surface area contributed by atoms with E-state index in [4.69, 9.17) is 0 Å². The fourth-order valence-corrected chi connectivity index (χ4v) is 2.63. The van der Waals surface area contributed by atoms with Gasteiger partial charge in [0.1, 0.15) is 5.82 Å². The van der Waals surface area contributed by atoms with Gasteiger partial charge in [0.25, 0.3) is 0 Å². The third-order valence-corrected chi connectivity index (χ3v) is 4.03. The number of rotatable bonds is 5. The molecule has 0 aliphatic carbocycles. The van der Waals surface area contributed by atoms with Gasteiger partial charge in [-0.1, -0.05) is 19.1 Å². The van der Waals surface area contributed by atoms with E-state index in [1.807, 2.05) is 38.4 Å². The summed E-state index contributed by atoms with van der Waals surface area (Å²) in [4.78, 5) is 8.72. The molecule has 0 amide bonds. The molecule has 0 fully saturated rings. The number of nitrogens with one attached hydrogen (secondary N) is 3. The van der Waals surface area contributed by atoms with E-state index in [1.165, 1.54) is 5.56 Å². The van der Waals surface area contributed by atoms with Crippen LogP contribution >= 0.6 is 0 Å². The first-order valence-electron chi connectivity index (χ1n) is 8.79. The van der Waals surface area contributed by atoms with Crippen LogP contribution in [-0.2, 0) is 0 Å². The van der Waals surface area contributed by atoms with E-state index in [0.29, 0.717) is 12.0 Å². The average Bonchev–Trinajstić information content (AvgIpc) is 2.63. The lowest BCUT2D eigenvalue weighted by Gasteiger charge is -2.28. The van der Waals surface area contributed by atoms with Crippen molar-refractivity contribution in [2.45, 2.75) is 32.7 Å². The van der Waals surface area contributed by atoms with E-state index in [0.717, 1.165) is 36.8 Å². The van der Waals surface area contributed by atoms with Gasteiger partial charge in [-0.2, -0.15) is 0 Å². The molecule has 0 saturated heterocycles. The summed E-state index contributed by atoms with van der Waals surface area (Å²) in [7, 11) is 0. The molecule has 2 atom stereocenters. The fourth-order valence-electron chi connectivity index (χ4n) is 2.63. The molecule has 2 aromatic heterocycles. The summed E-state index contributed by atoms with van der Waals surface area (Å²) in [6.07, 6.45) is 5.54. The third kappa shape index (κ3) is 5.87. The molecule has 0 aromatic carbocycles. The number of nitrogens with zero attached hydrogens (tertiary/aromatic N) is 2. The minimum Gasteiger partial charge on any atom is -0.380 e. The molecule has 25 heavy (non-hydrogen) atoms. The topological polar surface area (TPSA) is 61.9 Å². The van der Waals surface area contributed by atoms with Crippen LogP contribution in [0.15, 0.2) is 49.3 Å². The first-order valence-corrected chi connectivity index (χ1v) is 8.79. The van der Waals surface area contributed by atoms with Gasteiger partial charge in [0.05, 0.1) is 11.7 Å². The number of fused-ring (bicyclic) bond motifs is 1. The second-order valence-corrected chi connectivity index (χ2v) is 6.32. The lowest BCUT2D eigenvalue weighted by molar-refractivity contribution is 0.571. The molecule has 0 spiro atoms. The van der Waals surface area contributed by atoms with E-state index >= 15 is 0 Å². The number of allylic oxidation sites excluding steroid dienone is 1. The Kier molecular flexibility index (Phi) is 7.41. The molecule has 140 valence electrons. The Hall–Kier alpha value is -2.40. The minimum absolute atomic E-state index is 0. The van der Waals surface area contributed by atoms with Crippen molar-refractivity contribution in [1.29, 1.82) is 0 Å². The number of aromatic nitrogens is 2. The van der Waals surface area contributed by atoms with Crippen molar-refractivity contribution < 1.29 is 4.28 Å². The lowest BCUT2D eigenvalue weighted by atomic mass is 10.0. The smallest absolute Gasteiger partial charge is 0.149 e. The van der Waals surface area contributed by atoms with E-state index < -0.39 is 0 Å². The van der Waals surface area contributed by atoms with Crippen LogP contribution in [0.1, 0.15) is 35.3 Å². The zero-order chi connectivity index (χ0) is 18.1. The Morgan fingerprint density at radius 3 is 2.92 bits per heavy atom. The zero-order valence-corrected chi connectivity index (χ0v) is 15.4. The van der Waals surface area contributed by atoms with Crippen molar-refractivity contribution in [3.05, 3.63) is 60.6 Å². The monoisotopic (exact) mass is 345 g/mol. The van der Waals surface area contributed by atoms with E-state index in [9.17, 15) is 0 Å². The van der Waals surface area contributed by atoms with Gasteiger partial charge in [0.2, 0.25) is 0 Å². The second-order valence-electron chi connectivity index (χ2n) is 6.32. The van der Waals surface area contributed by atoms with Crippen molar-refractivity contribution in [2.75, 3.05) is 30.3 Å². The van der Waals surface area contributed by atoms with Crippen molar-refractivity contribution in [1.82, 2.24) is 15.3 Å². The molecule has 1 aliphatic rings. The van der Waals surface area contributed by atoms with Crippen LogP contribution in [0, 0.1) is 6.92 Å². The summed E-state index contributed by atoms with van der Waals surface area (Å²) < 4.78 is 0. The Labute approximate surface area is 155 Å². The summed E-state index contributed by atoms with van der Waals surface area (Å²) >= 11 is 0. The highest BCUT2D eigenvalue weighted by atomic mass is 15.1. The molecule has 0 saturated carbocycles. The highest BCUT2D eigenvalue weighted by Gasteiger charge is 2.17. The molecular weight excluding hydrogens is 310 g/mol. The predicted octanol–water partition coefficient (Wildman–Crippen LogP) is 4.31. The maximum absolute atomic E-state index is 4.36. The number of hydrogen-bond acceptors (Lipinski definition) is 5. The summed E-state index contributed by atoms with van der Waals surface area (Å²) in [5.41, 5.74) is 3.42. The van der Waals surface area contributed by atoms with Gasteiger partial charge in [0.15, 0.2) is 0 Å². The first kappa shape index (κ1) is 18.9. The van der Waals surface area contributed by atoms with Gasteiger partial charge in [-0.05, 0) is 43.5 Å². The molecule has 3 heterocycles. The number of hydrogen-bond donors (Lipinski definition) is 3. The summed E-state index contributed by atoms with van der Waals surface area (Å²) in [6.45, 7) is 12.2. The van der Waals surface area contributed by atoms with Crippen LogP contribution in [0.5, 0.6) is 0 Å². The summed E-state index contributed by atoms with van der Waals surface area (Å²) in [5, 5.41) is 10.4. The molecule has 5 heteroatoms. The van der Waals surface area contributed by atoms with Gasteiger partial charge in [-0.15, -0.1) is 6.58 Å². The van der Waals surface area contributed by atoms with Crippen LogP contribution in [0.2, 0.25) is 0 Å². The highest BCUT2D eigenvalue weighted by molar-refractivity contribution is 5.66. The van der Waals surface area contributed by atoms with Crippen LogP contribution in [0.3, 0.4) is 0 Å². The van der Waals surface area contributed by atoms with Crippen LogP contribution in [0.4, 0.5) is 11.5 Å². The molecule has 5 nitrogen and oxygen atoms in total. The highest BCUT2D eigenvalue weighted by Crippen LogP contribution is 2.22. The van der Waals surface area contributed by atoms with Gasteiger partial charge < -0.3 is 16.0 Å². The maximum atomic E-state index is 4.36. The van der Waals surface area contributed by atoms with E-state index in [2.05, 4.69) is 51.6 Å². The molecule has 0 bridgehead atoms. The number of anilines is 2. The van der Waals surface area contributed by atoms with Crippen molar-refractivity contribution in [2.24, 2.45) is 0 Å². The normalized spacial score (nSPS) is 16.4. The Bertz CT molecular complexity index is 667.